The normalized spacial score (nSPS) is 18.8. The second kappa shape index (κ2) is 7.21. The molecule has 0 atom stereocenters. The van der Waals surface area contributed by atoms with Crippen LogP contribution in [0.2, 0.25) is 0 Å². The number of fused-ring (bicyclic) bond motifs is 1. The Morgan fingerprint density at radius 3 is 2.71 bits per heavy atom. The highest BCUT2D eigenvalue weighted by atomic mass is 32.1. The minimum absolute atomic E-state index is 0.126. The maximum Gasteiger partial charge on any atom is 0.339 e. The molecule has 7 heteroatoms. The molecule has 2 N–H and O–H groups in total. The number of aromatic carboxylic acids is 1. The average molecular weight is 351 g/mol. The molecule has 2 aliphatic rings. The number of likely N-dealkylation sites (N-methyl/N-ethyl adjacent to an activating group) is 1. The fourth-order valence-electron chi connectivity index (χ4n) is 3.68. The van der Waals surface area contributed by atoms with Crippen molar-refractivity contribution >= 4 is 28.2 Å². The fraction of sp³-hybridized carbons (Fsp3) is 0.647. The average Bonchev–Trinajstić information content (AvgIpc) is 3.07. The van der Waals surface area contributed by atoms with E-state index in [-0.39, 0.29) is 5.91 Å². The van der Waals surface area contributed by atoms with Crippen LogP contribution in [0, 0.1) is 0 Å². The number of carbonyl (C=O) groups is 2. The highest BCUT2D eigenvalue weighted by molar-refractivity contribution is 7.17. The van der Waals surface area contributed by atoms with Crippen LogP contribution in [0.25, 0.3) is 0 Å². The van der Waals surface area contributed by atoms with Crippen molar-refractivity contribution < 1.29 is 14.7 Å². The Balaban J connectivity index is 1.62. The van der Waals surface area contributed by atoms with Gasteiger partial charge in [0, 0.05) is 10.9 Å². The molecule has 1 saturated heterocycles. The molecule has 2 heterocycles. The summed E-state index contributed by atoms with van der Waals surface area (Å²) in [5.41, 5.74) is 1.23. The topological polar surface area (TPSA) is 72.9 Å². The Morgan fingerprint density at radius 2 is 2.04 bits per heavy atom. The lowest BCUT2D eigenvalue weighted by Crippen LogP contribution is -2.44. The van der Waals surface area contributed by atoms with Crippen LogP contribution in [0.4, 0.5) is 5.00 Å². The number of carboxylic acid groups (broad SMARTS) is 1. The largest absolute Gasteiger partial charge is 0.478 e. The molecule has 132 valence electrons. The first-order valence-corrected chi connectivity index (χ1v) is 9.34. The first kappa shape index (κ1) is 17.4. The second-order valence-electron chi connectivity index (χ2n) is 6.86. The van der Waals surface area contributed by atoms with Gasteiger partial charge in [0.05, 0.1) is 12.1 Å². The smallest absolute Gasteiger partial charge is 0.339 e. The number of carbonyl (C=O) groups excluding carboxylic acids is 1. The van der Waals surface area contributed by atoms with Crippen LogP contribution in [0.5, 0.6) is 0 Å². The summed E-state index contributed by atoms with van der Waals surface area (Å²) in [6, 6.07) is 0.416. The number of aryl methyl sites for hydroxylation is 1. The summed E-state index contributed by atoms with van der Waals surface area (Å²) in [5, 5.41) is 12.8. The van der Waals surface area contributed by atoms with Crippen molar-refractivity contribution in [1.82, 2.24) is 9.80 Å². The third kappa shape index (κ3) is 3.63. The summed E-state index contributed by atoms with van der Waals surface area (Å²) in [5.74, 6) is -1.06. The summed E-state index contributed by atoms with van der Waals surface area (Å²) < 4.78 is 0. The van der Waals surface area contributed by atoms with E-state index in [0.717, 1.165) is 55.6 Å². The van der Waals surface area contributed by atoms with E-state index in [0.29, 0.717) is 23.2 Å². The summed E-state index contributed by atoms with van der Waals surface area (Å²) in [6.45, 7) is 2.41. The van der Waals surface area contributed by atoms with E-state index in [9.17, 15) is 14.7 Å². The van der Waals surface area contributed by atoms with Crippen LogP contribution in [-0.4, -0.2) is 66.6 Å². The Morgan fingerprint density at radius 1 is 1.33 bits per heavy atom. The highest BCUT2D eigenvalue weighted by Gasteiger charge is 2.28. The van der Waals surface area contributed by atoms with Crippen molar-refractivity contribution in [1.29, 1.82) is 0 Å². The third-order valence-corrected chi connectivity index (χ3v) is 6.30. The van der Waals surface area contributed by atoms with Gasteiger partial charge in [-0.2, -0.15) is 0 Å². The molecule has 1 aromatic heterocycles. The lowest BCUT2D eigenvalue weighted by Gasteiger charge is -2.34. The van der Waals surface area contributed by atoms with Gasteiger partial charge < -0.3 is 15.3 Å². The number of hydrogen-bond acceptors (Lipinski definition) is 5. The summed E-state index contributed by atoms with van der Waals surface area (Å²) in [4.78, 5) is 29.5. The quantitative estimate of drug-likeness (QED) is 0.848. The standard InChI is InChI=1S/C17H25N3O3S/c1-19-8-6-11(7-9-19)20(2)10-14(21)18-16-15(17(22)23)12-4-3-5-13(12)24-16/h11H,3-10H2,1-2H3,(H,18,21)(H,22,23). The van der Waals surface area contributed by atoms with Crippen LogP contribution in [0.3, 0.4) is 0 Å². The van der Waals surface area contributed by atoms with Crippen molar-refractivity contribution in [2.24, 2.45) is 0 Å². The summed E-state index contributed by atoms with van der Waals surface area (Å²) in [7, 11) is 4.09. The van der Waals surface area contributed by atoms with Crippen molar-refractivity contribution in [3.05, 3.63) is 16.0 Å². The summed E-state index contributed by atoms with van der Waals surface area (Å²) >= 11 is 1.43. The molecule has 0 saturated carbocycles. The molecule has 1 aliphatic heterocycles. The van der Waals surface area contributed by atoms with E-state index in [1.54, 1.807) is 0 Å². The minimum Gasteiger partial charge on any atom is -0.478 e. The Labute approximate surface area is 146 Å². The number of carboxylic acids is 1. The van der Waals surface area contributed by atoms with Gasteiger partial charge in [-0.05, 0) is 64.9 Å². The lowest BCUT2D eigenvalue weighted by atomic mass is 10.0. The monoisotopic (exact) mass is 351 g/mol. The first-order valence-electron chi connectivity index (χ1n) is 8.52. The molecule has 24 heavy (non-hydrogen) atoms. The SMILES string of the molecule is CN1CCC(N(C)CC(=O)Nc2sc3c(c2C(=O)O)CCC3)CC1. The molecule has 1 aromatic rings. The molecule has 6 nitrogen and oxygen atoms in total. The lowest BCUT2D eigenvalue weighted by molar-refractivity contribution is -0.117. The number of anilines is 1. The molecule has 0 spiro atoms. The zero-order valence-electron chi connectivity index (χ0n) is 14.3. The van der Waals surface area contributed by atoms with Crippen molar-refractivity contribution in [2.75, 3.05) is 39.0 Å². The van der Waals surface area contributed by atoms with Gasteiger partial charge >= 0.3 is 5.97 Å². The van der Waals surface area contributed by atoms with Crippen LogP contribution in [0.1, 0.15) is 40.1 Å². The molecule has 1 aliphatic carbocycles. The van der Waals surface area contributed by atoms with E-state index in [2.05, 4.69) is 22.2 Å². The second-order valence-corrected chi connectivity index (χ2v) is 7.97. The molecule has 0 aromatic carbocycles. The third-order valence-electron chi connectivity index (χ3n) is 5.09. The van der Waals surface area contributed by atoms with Gasteiger partial charge in [0.1, 0.15) is 5.00 Å². The predicted molar refractivity (Wildman–Crippen MR) is 95.1 cm³/mol. The fourth-order valence-corrected chi connectivity index (χ4v) is 4.97. The number of nitrogens with one attached hydrogen (secondary N) is 1. The van der Waals surface area contributed by atoms with E-state index in [1.165, 1.54) is 11.3 Å². The van der Waals surface area contributed by atoms with Gasteiger partial charge in [-0.25, -0.2) is 4.79 Å². The molecule has 3 rings (SSSR count). The molecule has 0 unspecified atom stereocenters. The number of hydrogen-bond donors (Lipinski definition) is 2. The Kier molecular flexibility index (Phi) is 5.22. The Hall–Kier alpha value is -1.44. The maximum atomic E-state index is 12.4. The first-order chi connectivity index (χ1) is 11.5. The maximum absolute atomic E-state index is 12.4. The van der Waals surface area contributed by atoms with E-state index in [4.69, 9.17) is 0 Å². The number of piperidine rings is 1. The van der Waals surface area contributed by atoms with Crippen molar-refractivity contribution in [2.45, 2.75) is 38.1 Å². The molecular weight excluding hydrogens is 326 g/mol. The molecule has 0 bridgehead atoms. The summed E-state index contributed by atoms with van der Waals surface area (Å²) in [6.07, 6.45) is 4.86. The van der Waals surface area contributed by atoms with Gasteiger partial charge in [0.15, 0.2) is 0 Å². The number of thiophene rings is 1. The van der Waals surface area contributed by atoms with Crippen LogP contribution < -0.4 is 5.32 Å². The van der Waals surface area contributed by atoms with E-state index < -0.39 is 5.97 Å². The number of nitrogens with zero attached hydrogens (tertiary/aromatic N) is 2. The zero-order valence-corrected chi connectivity index (χ0v) is 15.1. The van der Waals surface area contributed by atoms with Gasteiger partial charge in [-0.15, -0.1) is 11.3 Å². The number of likely N-dealkylation sites (tertiary alicyclic amines) is 1. The van der Waals surface area contributed by atoms with E-state index in [1.807, 2.05) is 7.05 Å². The zero-order chi connectivity index (χ0) is 17.3. The number of amides is 1. The van der Waals surface area contributed by atoms with Crippen LogP contribution in [-0.2, 0) is 17.6 Å². The Bertz CT molecular complexity index is 635. The minimum atomic E-state index is -0.937. The van der Waals surface area contributed by atoms with Gasteiger partial charge in [-0.3, -0.25) is 9.69 Å². The van der Waals surface area contributed by atoms with Gasteiger partial charge in [-0.1, -0.05) is 0 Å². The van der Waals surface area contributed by atoms with Crippen molar-refractivity contribution in [3.8, 4) is 0 Å². The van der Waals surface area contributed by atoms with Gasteiger partial charge in [0.2, 0.25) is 5.91 Å². The number of rotatable bonds is 5. The molecule has 0 radical (unpaired) electrons. The van der Waals surface area contributed by atoms with Crippen LogP contribution >= 0.6 is 11.3 Å². The molecular formula is C17H25N3O3S. The highest BCUT2D eigenvalue weighted by Crippen LogP contribution is 2.39. The van der Waals surface area contributed by atoms with E-state index >= 15 is 0 Å². The molecule has 1 amide bonds. The predicted octanol–water partition coefficient (Wildman–Crippen LogP) is 1.90. The van der Waals surface area contributed by atoms with Gasteiger partial charge in [0.25, 0.3) is 0 Å². The van der Waals surface area contributed by atoms with Crippen LogP contribution in [0.15, 0.2) is 0 Å². The van der Waals surface area contributed by atoms with Crippen molar-refractivity contribution in [3.63, 3.8) is 0 Å². The molecule has 1 fully saturated rings.